The van der Waals surface area contributed by atoms with Crippen LogP contribution >= 0.6 is 11.3 Å². The van der Waals surface area contributed by atoms with E-state index in [1.54, 1.807) is 15.9 Å². The van der Waals surface area contributed by atoms with Crippen molar-refractivity contribution in [2.75, 3.05) is 0 Å². The van der Waals surface area contributed by atoms with Crippen molar-refractivity contribution in [1.82, 2.24) is 19.5 Å². The largest absolute Gasteiger partial charge is 0.308 e. The number of thiophene rings is 1. The van der Waals surface area contributed by atoms with Gasteiger partial charge in [-0.15, -0.1) is 11.3 Å². The lowest BCUT2D eigenvalue weighted by Crippen LogP contribution is -2.05. The van der Waals surface area contributed by atoms with Gasteiger partial charge in [0.2, 0.25) is 0 Å². The average Bonchev–Trinajstić information content (AvgIpc) is 3.83. The van der Waals surface area contributed by atoms with Crippen molar-refractivity contribution < 1.29 is 11.0 Å². The molecule has 3 heterocycles. The molecule has 4 nitrogen and oxygen atoms in total. The Kier molecular flexibility index (Phi) is 5.00. The first kappa shape index (κ1) is 21.5. The molecule has 0 saturated heterocycles. The molecule has 234 valence electrons. The SMILES string of the molecule is [2H]c1c([2H])c([2H])c2c(c1[2H])c1c([2H])c([2H])c([2H])c([2H])c1n2-c1c(-c2ccccc2)cccc1-c1nc(-c2ccccc2)nc(-c2ccc3c(c2)sc2ccccc23)n1. The first-order valence-corrected chi connectivity index (χ1v) is 16.9. The van der Waals surface area contributed by atoms with Gasteiger partial charge < -0.3 is 4.57 Å². The summed E-state index contributed by atoms with van der Waals surface area (Å²) in [6.45, 7) is 0. The lowest BCUT2D eigenvalue weighted by atomic mass is 9.98. The molecule has 0 aliphatic carbocycles. The van der Waals surface area contributed by atoms with E-state index in [-0.39, 0.29) is 27.6 Å². The highest BCUT2D eigenvalue weighted by molar-refractivity contribution is 7.25. The van der Waals surface area contributed by atoms with E-state index in [1.165, 1.54) is 10.1 Å². The minimum Gasteiger partial charge on any atom is -0.308 e. The highest BCUT2D eigenvalue weighted by Gasteiger charge is 2.22. The monoisotopic (exact) mass is 664 g/mol. The van der Waals surface area contributed by atoms with Crippen LogP contribution in [0.4, 0.5) is 0 Å². The molecule has 0 radical (unpaired) electrons. The van der Waals surface area contributed by atoms with Crippen molar-refractivity contribution in [2.45, 2.75) is 0 Å². The van der Waals surface area contributed by atoms with Crippen LogP contribution in [0.15, 0.2) is 170 Å². The van der Waals surface area contributed by atoms with E-state index in [0.717, 1.165) is 26.8 Å². The molecule has 7 aromatic carbocycles. The predicted molar refractivity (Wildman–Crippen MR) is 209 cm³/mol. The molecule has 0 spiro atoms. The van der Waals surface area contributed by atoms with Crippen molar-refractivity contribution in [3.05, 3.63) is 170 Å². The first-order chi connectivity index (χ1) is 28.1. The van der Waals surface area contributed by atoms with Crippen molar-refractivity contribution in [3.8, 4) is 51.0 Å². The Hall–Kier alpha value is -6.43. The van der Waals surface area contributed by atoms with Crippen LogP contribution in [0.3, 0.4) is 0 Å². The number of rotatable bonds is 5. The van der Waals surface area contributed by atoms with E-state index >= 15 is 0 Å². The summed E-state index contributed by atoms with van der Waals surface area (Å²) < 4.78 is 75.2. The minimum atomic E-state index is -0.509. The average molecular weight is 665 g/mol. The van der Waals surface area contributed by atoms with Gasteiger partial charge in [-0.2, -0.15) is 0 Å². The predicted octanol–water partition coefficient (Wildman–Crippen LogP) is 12.0. The molecule has 0 fully saturated rings. The molecular formula is C45H28N4S. The lowest BCUT2D eigenvalue weighted by molar-refractivity contribution is 1.07. The lowest BCUT2D eigenvalue weighted by Gasteiger charge is -2.19. The molecule has 0 unspecified atom stereocenters. The van der Waals surface area contributed by atoms with Crippen LogP contribution in [0.25, 0.3) is 93.0 Å². The second-order valence-corrected chi connectivity index (χ2v) is 12.9. The molecular weight excluding hydrogens is 629 g/mol. The van der Waals surface area contributed by atoms with Gasteiger partial charge in [0.05, 0.1) is 27.7 Å². The molecule has 0 aliphatic rings. The topological polar surface area (TPSA) is 43.6 Å². The number of fused-ring (bicyclic) bond motifs is 6. The Morgan fingerprint density at radius 2 is 1.02 bits per heavy atom. The number of nitrogens with zero attached hydrogens (tertiary/aromatic N) is 4. The molecule has 0 N–H and O–H groups in total. The zero-order chi connectivity index (χ0) is 40.0. The maximum Gasteiger partial charge on any atom is 0.166 e. The summed E-state index contributed by atoms with van der Waals surface area (Å²) in [6, 6.07) is 35.4. The molecule has 0 aliphatic heterocycles. The van der Waals surface area contributed by atoms with Crippen molar-refractivity contribution in [1.29, 1.82) is 0 Å². The van der Waals surface area contributed by atoms with Gasteiger partial charge in [-0.05, 0) is 35.8 Å². The summed E-state index contributed by atoms with van der Waals surface area (Å²) >= 11 is 1.69. The third-order valence-corrected chi connectivity index (χ3v) is 10.1. The molecule has 10 aromatic rings. The molecule has 0 atom stereocenters. The summed E-state index contributed by atoms with van der Waals surface area (Å²) in [5.41, 5.74) is 3.71. The van der Waals surface area contributed by atoms with Crippen LogP contribution in [0.5, 0.6) is 0 Å². The molecule has 5 heteroatoms. The van der Waals surface area contributed by atoms with Gasteiger partial charge in [0, 0.05) is 53.2 Å². The van der Waals surface area contributed by atoms with E-state index in [2.05, 4.69) is 24.3 Å². The Morgan fingerprint density at radius 3 is 1.76 bits per heavy atom. The van der Waals surface area contributed by atoms with Crippen molar-refractivity contribution >= 4 is 53.3 Å². The van der Waals surface area contributed by atoms with Crippen LogP contribution < -0.4 is 0 Å². The second-order valence-electron chi connectivity index (χ2n) is 11.8. The van der Waals surface area contributed by atoms with E-state index in [0.29, 0.717) is 28.5 Å². The van der Waals surface area contributed by atoms with Gasteiger partial charge in [0.15, 0.2) is 17.5 Å². The highest BCUT2D eigenvalue weighted by atomic mass is 32.1. The molecule has 3 aromatic heterocycles. The fourth-order valence-corrected chi connectivity index (χ4v) is 7.81. The molecule has 0 amide bonds. The Balaban J connectivity index is 1.36. The first-order valence-electron chi connectivity index (χ1n) is 20.1. The van der Waals surface area contributed by atoms with Crippen molar-refractivity contribution in [3.63, 3.8) is 0 Å². The molecule has 50 heavy (non-hydrogen) atoms. The minimum absolute atomic E-state index is 0.00501. The van der Waals surface area contributed by atoms with Gasteiger partial charge in [0.1, 0.15) is 0 Å². The van der Waals surface area contributed by atoms with Gasteiger partial charge in [0.25, 0.3) is 0 Å². The van der Waals surface area contributed by atoms with E-state index in [1.807, 2.05) is 97.1 Å². The summed E-state index contributed by atoms with van der Waals surface area (Å²) in [4.78, 5) is 15.2. The van der Waals surface area contributed by atoms with E-state index in [9.17, 15) is 2.74 Å². The van der Waals surface area contributed by atoms with Gasteiger partial charge in [-0.25, -0.2) is 15.0 Å². The molecule has 0 saturated carbocycles. The number of aromatic nitrogens is 4. The zero-order valence-corrected chi connectivity index (χ0v) is 27.1. The second kappa shape index (κ2) is 11.6. The van der Waals surface area contributed by atoms with Crippen LogP contribution in [0.1, 0.15) is 11.0 Å². The van der Waals surface area contributed by atoms with Crippen LogP contribution in [0.2, 0.25) is 0 Å². The van der Waals surface area contributed by atoms with Crippen LogP contribution in [-0.2, 0) is 0 Å². The number of hydrogen-bond acceptors (Lipinski definition) is 4. The normalized spacial score (nSPS) is 13.8. The quantitative estimate of drug-likeness (QED) is 0.184. The summed E-state index contributed by atoms with van der Waals surface area (Å²) in [7, 11) is 0. The standard InChI is InChI=1S/C45H28N4S/c1-3-14-29(15-4-1)32-21-13-22-37(42(32)49-38-23-10-7-18-33(38)34-19-8-11-24-39(34)49)45-47-43(30-16-5-2-6-17-30)46-44(48-45)31-26-27-36-35-20-9-12-25-40(35)50-41(36)28-31/h1-28H/i7D,8D,10D,11D,18D,19D,23D,24D. The summed E-state index contributed by atoms with van der Waals surface area (Å²) in [5.74, 6) is 1.06. The Labute approximate surface area is 303 Å². The maximum absolute atomic E-state index is 9.28. The number of hydrogen-bond donors (Lipinski definition) is 0. The fourth-order valence-electron chi connectivity index (χ4n) is 6.67. The third-order valence-electron chi connectivity index (χ3n) is 8.92. The fraction of sp³-hybridized carbons (Fsp3) is 0. The zero-order valence-electron chi connectivity index (χ0n) is 34.2. The number of benzene rings is 7. The molecule has 0 bridgehead atoms. The maximum atomic E-state index is 9.28. The summed E-state index contributed by atoms with van der Waals surface area (Å²) in [5, 5.41) is 2.26. The van der Waals surface area contributed by atoms with Gasteiger partial charge in [-0.3, -0.25) is 0 Å². The van der Waals surface area contributed by atoms with Gasteiger partial charge >= 0.3 is 0 Å². The molecule has 10 rings (SSSR count). The third kappa shape index (κ3) is 4.63. The van der Waals surface area contributed by atoms with E-state index < -0.39 is 48.3 Å². The van der Waals surface area contributed by atoms with Gasteiger partial charge in [-0.1, -0.05) is 139 Å². The smallest absolute Gasteiger partial charge is 0.166 e. The van der Waals surface area contributed by atoms with Crippen LogP contribution in [0, 0.1) is 0 Å². The Morgan fingerprint density at radius 1 is 0.440 bits per heavy atom. The summed E-state index contributed by atoms with van der Waals surface area (Å²) in [6.07, 6.45) is 0. The Bertz CT molecular complexity index is 3250. The van der Waals surface area contributed by atoms with Crippen LogP contribution in [-0.4, -0.2) is 19.5 Å². The van der Waals surface area contributed by atoms with E-state index in [4.69, 9.17) is 23.2 Å². The van der Waals surface area contributed by atoms with Crippen molar-refractivity contribution in [2.24, 2.45) is 0 Å². The number of para-hydroxylation sites is 3. The highest BCUT2D eigenvalue weighted by Crippen LogP contribution is 2.41.